The summed E-state index contributed by atoms with van der Waals surface area (Å²) in [6.07, 6.45) is -2.42. The molecule has 64 valence electrons. The number of carboxylic acid groups (broad SMARTS) is 2. The molecule has 0 amide bonds. The van der Waals surface area contributed by atoms with Gasteiger partial charge in [-0.1, -0.05) is 0 Å². The first kappa shape index (κ1) is 9.83. The van der Waals surface area contributed by atoms with Crippen LogP contribution in [0.4, 0.5) is 4.39 Å². The summed E-state index contributed by atoms with van der Waals surface area (Å²) in [4.78, 5) is 20.0. The van der Waals surface area contributed by atoms with E-state index in [2.05, 4.69) is 0 Å². The highest BCUT2D eigenvalue weighted by Crippen LogP contribution is 1.98. The van der Waals surface area contributed by atoms with Crippen molar-refractivity contribution in [3.63, 3.8) is 0 Å². The maximum atomic E-state index is 12.4. The van der Waals surface area contributed by atoms with Crippen molar-refractivity contribution in [1.29, 1.82) is 0 Å². The number of aliphatic carboxylic acids is 2. The molecule has 0 aliphatic heterocycles. The second-order valence-electron chi connectivity index (χ2n) is 1.84. The Bertz CT molecular complexity index is 172. The first-order valence-electron chi connectivity index (χ1n) is 2.77. The third-order valence-corrected chi connectivity index (χ3v) is 1.11. The smallest absolute Gasteiger partial charge is 0.340 e. The largest absolute Gasteiger partial charge is 0.480 e. The molecule has 2 atom stereocenters. The van der Waals surface area contributed by atoms with E-state index in [1.807, 2.05) is 5.32 Å². The van der Waals surface area contributed by atoms with Crippen LogP contribution in [0.15, 0.2) is 0 Å². The summed E-state index contributed by atoms with van der Waals surface area (Å²) in [5, 5.41) is 18.3. The molecule has 0 aromatic heterocycles. The summed E-state index contributed by atoms with van der Waals surface area (Å²) >= 11 is 0. The lowest BCUT2D eigenvalue weighted by Gasteiger charge is -2.11. The molecule has 0 aromatic carbocycles. The molecule has 0 aliphatic carbocycles. The molecule has 3 N–H and O–H groups in total. The molecule has 1 unspecified atom stereocenters. The highest BCUT2D eigenvalue weighted by molar-refractivity contribution is 5.84. The molecule has 5 nitrogen and oxygen atoms in total. The van der Waals surface area contributed by atoms with Gasteiger partial charge in [0.15, 0.2) is 0 Å². The number of hydrogen-bond donors (Lipinski definition) is 3. The maximum absolute atomic E-state index is 12.4. The van der Waals surface area contributed by atoms with Crippen LogP contribution < -0.4 is 5.32 Å². The Kier molecular flexibility index (Phi) is 3.46. The number of alkyl halides is 1. The van der Waals surface area contributed by atoms with Crippen LogP contribution in [-0.2, 0) is 9.59 Å². The molecule has 6 heteroatoms. The molecule has 11 heavy (non-hydrogen) atoms. The molecule has 0 bridgehead atoms. The molecule has 0 rings (SSSR count). The second-order valence-corrected chi connectivity index (χ2v) is 1.84. The normalized spacial score (nSPS) is 15.5. The maximum Gasteiger partial charge on any atom is 0.340 e. The number of halogens is 1. The van der Waals surface area contributed by atoms with E-state index < -0.39 is 24.2 Å². The van der Waals surface area contributed by atoms with E-state index in [9.17, 15) is 14.0 Å². The first-order valence-corrected chi connectivity index (χ1v) is 2.77. The Hall–Kier alpha value is -1.17. The SMILES string of the molecule is CN[C@@H](C(=O)O)C(F)C(=O)O. The van der Waals surface area contributed by atoms with E-state index in [4.69, 9.17) is 10.2 Å². The zero-order valence-corrected chi connectivity index (χ0v) is 5.74. The van der Waals surface area contributed by atoms with Gasteiger partial charge in [-0.15, -0.1) is 0 Å². The summed E-state index contributed by atoms with van der Waals surface area (Å²) in [6, 6.07) is -1.69. The Balaban J connectivity index is 4.25. The Morgan fingerprint density at radius 3 is 1.91 bits per heavy atom. The van der Waals surface area contributed by atoms with E-state index >= 15 is 0 Å². The lowest BCUT2D eigenvalue weighted by atomic mass is 10.2. The van der Waals surface area contributed by atoms with Crippen molar-refractivity contribution in [2.24, 2.45) is 0 Å². The monoisotopic (exact) mass is 165 g/mol. The van der Waals surface area contributed by atoms with Gasteiger partial charge in [-0.3, -0.25) is 4.79 Å². The van der Waals surface area contributed by atoms with Crippen molar-refractivity contribution in [3.05, 3.63) is 0 Å². The number of carbonyl (C=O) groups is 2. The fourth-order valence-electron chi connectivity index (χ4n) is 0.538. The van der Waals surface area contributed by atoms with Gasteiger partial charge >= 0.3 is 11.9 Å². The van der Waals surface area contributed by atoms with Crippen LogP contribution in [0.5, 0.6) is 0 Å². The summed E-state index contributed by atoms with van der Waals surface area (Å²) in [7, 11) is 1.17. The Labute approximate surface area is 61.8 Å². The molecular formula is C5H8FNO4. The van der Waals surface area contributed by atoms with Gasteiger partial charge < -0.3 is 15.5 Å². The number of carboxylic acids is 2. The van der Waals surface area contributed by atoms with Crippen LogP contribution in [0.2, 0.25) is 0 Å². The van der Waals surface area contributed by atoms with Crippen LogP contribution in [0.1, 0.15) is 0 Å². The number of nitrogens with one attached hydrogen (secondary N) is 1. The summed E-state index contributed by atoms with van der Waals surface area (Å²) in [6.45, 7) is 0. The molecule has 0 fully saturated rings. The highest BCUT2D eigenvalue weighted by atomic mass is 19.1. The zero-order valence-electron chi connectivity index (χ0n) is 5.74. The van der Waals surface area contributed by atoms with Crippen molar-refractivity contribution < 1.29 is 24.2 Å². The van der Waals surface area contributed by atoms with Crippen LogP contribution in [0.3, 0.4) is 0 Å². The van der Waals surface area contributed by atoms with E-state index in [1.165, 1.54) is 7.05 Å². The summed E-state index contributed by atoms with van der Waals surface area (Å²) < 4.78 is 12.4. The molecule has 0 radical (unpaired) electrons. The molecule has 0 spiro atoms. The van der Waals surface area contributed by atoms with Crippen molar-refractivity contribution in [3.8, 4) is 0 Å². The molecule has 0 saturated heterocycles. The summed E-state index contributed by atoms with van der Waals surface area (Å²) in [5.74, 6) is -3.31. The first-order chi connectivity index (χ1) is 5.00. The zero-order chi connectivity index (χ0) is 9.02. The molecule has 0 saturated carbocycles. The van der Waals surface area contributed by atoms with Gasteiger partial charge in [0, 0.05) is 0 Å². The van der Waals surface area contributed by atoms with Crippen LogP contribution in [0, 0.1) is 0 Å². The van der Waals surface area contributed by atoms with Crippen molar-refractivity contribution in [1.82, 2.24) is 5.32 Å². The minimum atomic E-state index is -2.42. The second kappa shape index (κ2) is 3.87. The fourth-order valence-corrected chi connectivity index (χ4v) is 0.538. The van der Waals surface area contributed by atoms with Crippen LogP contribution in [-0.4, -0.2) is 41.4 Å². The average Bonchev–Trinajstić information content (AvgIpc) is 1.88. The number of rotatable bonds is 4. The third kappa shape index (κ3) is 2.50. The van der Waals surface area contributed by atoms with Gasteiger partial charge in [-0.2, -0.15) is 0 Å². The lowest BCUT2D eigenvalue weighted by molar-refractivity contribution is -0.151. The van der Waals surface area contributed by atoms with E-state index in [1.54, 1.807) is 0 Å². The molecule has 0 aliphatic rings. The topological polar surface area (TPSA) is 86.6 Å². The van der Waals surface area contributed by atoms with Gasteiger partial charge in [-0.25, -0.2) is 9.18 Å². The molecular weight excluding hydrogens is 157 g/mol. The predicted octanol–water partition coefficient (Wildman–Crippen LogP) is -0.918. The third-order valence-electron chi connectivity index (χ3n) is 1.11. The summed E-state index contributed by atoms with van der Waals surface area (Å²) in [5.41, 5.74) is 0. The van der Waals surface area contributed by atoms with Crippen molar-refractivity contribution in [2.75, 3.05) is 7.05 Å². The molecule has 0 heterocycles. The van der Waals surface area contributed by atoms with Gasteiger partial charge in [0.1, 0.15) is 6.04 Å². The number of hydrogen-bond acceptors (Lipinski definition) is 3. The van der Waals surface area contributed by atoms with Crippen molar-refractivity contribution in [2.45, 2.75) is 12.2 Å². The highest BCUT2D eigenvalue weighted by Gasteiger charge is 2.32. The minimum absolute atomic E-state index is 1.17. The van der Waals surface area contributed by atoms with Crippen LogP contribution in [0.25, 0.3) is 0 Å². The van der Waals surface area contributed by atoms with Gasteiger partial charge in [0.2, 0.25) is 6.17 Å². The Morgan fingerprint density at radius 1 is 1.36 bits per heavy atom. The van der Waals surface area contributed by atoms with Gasteiger partial charge in [0.05, 0.1) is 0 Å². The molecule has 0 aromatic rings. The quantitative estimate of drug-likeness (QED) is 0.501. The Morgan fingerprint density at radius 2 is 1.82 bits per heavy atom. The van der Waals surface area contributed by atoms with E-state index in [0.717, 1.165) is 0 Å². The number of likely N-dealkylation sites (N-methyl/N-ethyl adjacent to an activating group) is 1. The van der Waals surface area contributed by atoms with Gasteiger partial charge in [-0.05, 0) is 7.05 Å². The fraction of sp³-hybridized carbons (Fsp3) is 0.600. The standard InChI is InChI=1S/C5H8FNO4/c1-7-3(5(10)11)2(6)4(8)9/h2-3,7H,1H3,(H,8,9)(H,10,11)/t2?,3-/m1/s1. The van der Waals surface area contributed by atoms with Crippen molar-refractivity contribution >= 4 is 11.9 Å². The predicted molar refractivity (Wildman–Crippen MR) is 33.0 cm³/mol. The van der Waals surface area contributed by atoms with E-state index in [0.29, 0.717) is 0 Å². The minimum Gasteiger partial charge on any atom is -0.480 e. The lowest BCUT2D eigenvalue weighted by Crippen LogP contribution is -2.45. The van der Waals surface area contributed by atoms with Crippen LogP contribution >= 0.6 is 0 Å². The van der Waals surface area contributed by atoms with E-state index in [-0.39, 0.29) is 0 Å². The average molecular weight is 165 g/mol. The van der Waals surface area contributed by atoms with Gasteiger partial charge in [0.25, 0.3) is 0 Å².